The molecule has 0 amide bonds. The van der Waals surface area contributed by atoms with Crippen LogP contribution in [0.5, 0.6) is 5.75 Å². The highest BCUT2D eigenvalue weighted by Gasteiger charge is 2.49. The van der Waals surface area contributed by atoms with E-state index < -0.39 is 0 Å². The summed E-state index contributed by atoms with van der Waals surface area (Å²) in [4.78, 5) is 12.8. The molecule has 150 valence electrons. The second kappa shape index (κ2) is 7.72. The molecule has 0 aliphatic heterocycles. The van der Waals surface area contributed by atoms with Crippen molar-refractivity contribution in [3.63, 3.8) is 0 Å². The number of hydrogen-bond acceptors (Lipinski definition) is 4. The normalized spacial score (nSPS) is 26.0. The molecule has 1 aromatic carbocycles. The molecule has 2 aliphatic carbocycles. The number of carbonyl (C=O) groups is 1. The van der Waals surface area contributed by atoms with Crippen LogP contribution in [0.4, 0.5) is 0 Å². The van der Waals surface area contributed by atoms with Crippen molar-refractivity contribution in [3.05, 3.63) is 41.0 Å². The number of hydrogen-bond donors (Lipinski definition) is 0. The molecule has 0 spiro atoms. The van der Waals surface area contributed by atoms with E-state index in [-0.39, 0.29) is 28.8 Å². The molecule has 4 nitrogen and oxygen atoms in total. The Balaban J connectivity index is 1.93. The van der Waals surface area contributed by atoms with E-state index in [1.54, 1.807) is 7.11 Å². The van der Waals surface area contributed by atoms with Gasteiger partial charge in [-0.1, -0.05) is 24.6 Å². The number of ether oxygens (including phenoxy) is 2. The van der Waals surface area contributed by atoms with Gasteiger partial charge in [-0.25, -0.2) is 0 Å². The molecule has 3 rings (SSSR count). The molecule has 1 saturated carbocycles. The van der Waals surface area contributed by atoms with Crippen molar-refractivity contribution < 1.29 is 14.3 Å². The van der Waals surface area contributed by atoms with Gasteiger partial charge in [0, 0.05) is 11.8 Å². The number of ketones is 1. The van der Waals surface area contributed by atoms with Crippen molar-refractivity contribution in [2.24, 2.45) is 5.41 Å². The van der Waals surface area contributed by atoms with Gasteiger partial charge in [-0.15, -0.1) is 0 Å². The van der Waals surface area contributed by atoms with E-state index in [0.717, 1.165) is 36.1 Å². The fourth-order valence-corrected chi connectivity index (χ4v) is 4.73. The van der Waals surface area contributed by atoms with Gasteiger partial charge in [-0.2, -0.15) is 5.26 Å². The average molecular weight is 382 g/mol. The largest absolute Gasteiger partial charge is 0.497 e. The molecular weight excluding hydrogens is 350 g/mol. The van der Waals surface area contributed by atoms with Crippen LogP contribution in [-0.4, -0.2) is 24.6 Å². The Morgan fingerprint density at radius 2 is 2.07 bits per heavy atom. The molecule has 3 atom stereocenters. The highest BCUT2D eigenvalue weighted by Crippen LogP contribution is 2.53. The summed E-state index contributed by atoms with van der Waals surface area (Å²) in [7, 11) is 1.62. The van der Waals surface area contributed by atoms with Gasteiger partial charge in [0.15, 0.2) is 5.78 Å². The molecule has 1 aromatic rings. The zero-order chi connectivity index (χ0) is 20.5. The number of carbonyl (C=O) groups excluding carboxylic acids is 1. The Hall–Kier alpha value is -2.12. The highest BCUT2D eigenvalue weighted by molar-refractivity contribution is 5.97. The lowest BCUT2D eigenvalue weighted by molar-refractivity contribution is -0.120. The van der Waals surface area contributed by atoms with Crippen LogP contribution in [0.1, 0.15) is 71.3 Å². The number of fused-ring (bicyclic) bond motifs is 1. The Morgan fingerprint density at radius 1 is 1.32 bits per heavy atom. The predicted octanol–water partition coefficient (Wildman–Crippen LogP) is 5.34. The molecule has 4 heteroatoms. The third-order valence-electron chi connectivity index (χ3n) is 6.18. The maximum absolute atomic E-state index is 12.8. The summed E-state index contributed by atoms with van der Waals surface area (Å²) in [6.45, 7) is 8.50. The zero-order valence-electron chi connectivity index (χ0n) is 17.7. The van der Waals surface area contributed by atoms with Crippen LogP contribution in [-0.2, 0) is 9.53 Å². The molecule has 1 unspecified atom stereocenters. The van der Waals surface area contributed by atoms with Crippen LogP contribution in [0, 0.1) is 16.7 Å². The lowest BCUT2D eigenvalue weighted by Crippen LogP contribution is -2.39. The summed E-state index contributed by atoms with van der Waals surface area (Å²) in [5.41, 5.74) is 2.67. The van der Waals surface area contributed by atoms with Crippen molar-refractivity contribution in [2.75, 3.05) is 7.11 Å². The zero-order valence-corrected chi connectivity index (χ0v) is 17.7. The number of rotatable bonds is 5. The van der Waals surface area contributed by atoms with Gasteiger partial charge < -0.3 is 9.47 Å². The molecule has 0 heterocycles. The number of allylic oxidation sites excluding steroid dienone is 1. The van der Waals surface area contributed by atoms with Gasteiger partial charge in [0.05, 0.1) is 30.8 Å². The quantitative estimate of drug-likeness (QED) is 0.691. The fraction of sp³-hybridized carbons (Fsp3) is 0.583. The second-order valence-corrected chi connectivity index (χ2v) is 9.22. The molecule has 1 fully saturated rings. The van der Waals surface area contributed by atoms with Gasteiger partial charge in [-0.05, 0) is 69.7 Å². The van der Waals surface area contributed by atoms with Gasteiger partial charge in [0.1, 0.15) is 5.75 Å². The minimum atomic E-state index is -0.355. The molecule has 0 N–H and O–H groups in total. The van der Waals surface area contributed by atoms with Crippen LogP contribution in [0.15, 0.2) is 35.4 Å². The maximum atomic E-state index is 12.8. The number of Topliss-reactive ketones (excluding diaryl/α,β-unsaturated/α-hetero) is 1. The van der Waals surface area contributed by atoms with Crippen molar-refractivity contribution in [2.45, 2.75) is 77.4 Å². The first kappa shape index (κ1) is 20.6. The Morgan fingerprint density at radius 3 is 2.71 bits per heavy atom. The number of nitrogens with zero attached hydrogens (tertiary/aromatic N) is 1. The summed E-state index contributed by atoms with van der Waals surface area (Å²) >= 11 is 0. The fourth-order valence-electron chi connectivity index (χ4n) is 4.73. The molecule has 0 bridgehead atoms. The van der Waals surface area contributed by atoms with E-state index in [2.05, 4.69) is 33.8 Å². The SMILES string of the molecule is COc1cccc(C(C#N)CC2=C3CC[C@H](OC(C)(C)C)[C@@]3(C)CCC2=O)c1. The second-order valence-electron chi connectivity index (χ2n) is 9.22. The number of methoxy groups -OCH3 is 1. The highest BCUT2D eigenvalue weighted by atomic mass is 16.5. The molecule has 0 saturated heterocycles. The molecular formula is C24H31NO3. The minimum Gasteiger partial charge on any atom is -0.497 e. The van der Waals surface area contributed by atoms with Gasteiger partial charge in [0.25, 0.3) is 0 Å². The summed E-state index contributed by atoms with van der Waals surface area (Å²) < 4.78 is 11.7. The lowest BCUT2D eigenvalue weighted by atomic mass is 9.69. The summed E-state index contributed by atoms with van der Waals surface area (Å²) in [6.07, 6.45) is 3.79. The van der Waals surface area contributed by atoms with E-state index in [1.807, 2.05) is 24.3 Å². The van der Waals surface area contributed by atoms with E-state index >= 15 is 0 Å². The van der Waals surface area contributed by atoms with Crippen molar-refractivity contribution >= 4 is 5.78 Å². The molecule has 28 heavy (non-hydrogen) atoms. The third-order valence-corrected chi connectivity index (χ3v) is 6.18. The predicted molar refractivity (Wildman–Crippen MR) is 109 cm³/mol. The summed E-state index contributed by atoms with van der Waals surface area (Å²) in [5.74, 6) is 0.577. The lowest BCUT2D eigenvalue weighted by Gasteiger charge is -2.40. The number of benzene rings is 1. The molecule has 0 aromatic heterocycles. The van der Waals surface area contributed by atoms with Crippen LogP contribution in [0.25, 0.3) is 0 Å². The molecule has 0 radical (unpaired) electrons. The van der Waals surface area contributed by atoms with Gasteiger partial charge >= 0.3 is 0 Å². The van der Waals surface area contributed by atoms with Gasteiger partial charge in [-0.3, -0.25) is 4.79 Å². The first-order chi connectivity index (χ1) is 13.2. The Kier molecular flexibility index (Phi) is 5.68. The monoisotopic (exact) mass is 381 g/mol. The van der Waals surface area contributed by atoms with E-state index in [9.17, 15) is 10.1 Å². The smallest absolute Gasteiger partial charge is 0.158 e. The Bertz CT molecular complexity index is 827. The average Bonchev–Trinajstić information content (AvgIpc) is 2.96. The van der Waals surface area contributed by atoms with E-state index in [4.69, 9.17) is 9.47 Å². The number of nitriles is 1. The van der Waals surface area contributed by atoms with Crippen molar-refractivity contribution in [1.82, 2.24) is 0 Å². The van der Waals surface area contributed by atoms with Crippen molar-refractivity contribution in [1.29, 1.82) is 5.26 Å². The Labute approximate surface area is 168 Å². The standard InChI is InChI=1S/C24H31NO3/c1-23(2,3)28-22-10-9-20-19(21(26)11-12-24(20,22)4)14-17(15-25)16-7-6-8-18(13-16)27-5/h6-8,13,17,22H,9-12,14H2,1-5H3/t17?,22-,24-/m0/s1. The van der Waals surface area contributed by atoms with Crippen LogP contribution in [0.2, 0.25) is 0 Å². The molecule has 2 aliphatic rings. The summed E-state index contributed by atoms with van der Waals surface area (Å²) in [6, 6.07) is 10.0. The van der Waals surface area contributed by atoms with E-state index in [0.29, 0.717) is 12.8 Å². The maximum Gasteiger partial charge on any atom is 0.158 e. The van der Waals surface area contributed by atoms with Crippen molar-refractivity contribution in [3.8, 4) is 11.8 Å². The van der Waals surface area contributed by atoms with Crippen LogP contribution >= 0.6 is 0 Å². The van der Waals surface area contributed by atoms with Crippen LogP contribution < -0.4 is 4.74 Å². The van der Waals surface area contributed by atoms with E-state index in [1.165, 1.54) is 5.57 Å². The van der Waals surface area contributed by atoms with Gasteiger partial charge in [0.2, 0.25) is 0 Å². The topological polar surface area (TPSA) is 59.3 Å². The van der Waals surface area contributed by atoms with Crippen LogP contribution in [0.3, 0.4) is 0 Å². The first-order valence-corrected chi connectivity index (χ1v) is 10.1. The third kappa shape index (κ3) is 4.00. The first-order valence-electron chi connectivity index (χ1n) is 10.1. The minimum absolute atomic E-state index is 0.106. The summed E-state index contributed by atoms with van der Waals surface area (Å²) in [5, 5.41) is 9.82.